The van der Waals surface area contributed by atoms with Crippen LogP contribution < -0.4 is 10.2 Å². The third-order valence-electron chi connectivity index (χ3n) is 4.46. The van der Waals surface area contributed by atoms with Crippen molar-refractivity contribution in [3.05, 3.63) is 52.9 Å². The van der Waals surface area contributed by atoms with Crippen LogP contribution in [0.1, 0.15) is 35.8 Å². The maximum absolute atomic E-state index is 12.2. The first kappa shape index (κ1) is 17.7. The molecule has 1 unspecified atom stereocenters. The summed E-state index contributed by atoms with van der Waals surface area (Å²) in [5, 5.41) is 3.59. The van der Waals surface area contributed by atoms with E-state index in [0.29, 0.717) is 23.2 Å². The third-order valence-corrected chi connectivity index (χ3v) is 4.72. The van der Waals surface area contributed by atoms with Crippen molar-refractivity contribution >= 4 is 23.3 Å². The van der Waals surface area contributed by atoms with Crippen LogP contribution in [0.3, 0.4) is 0 Å². The van der Waals surface area contributed by atoms with Crippen LogP contribution in [0, 0.1) is 5.92 Å². The average Bonchev–Trinajstić information content (AvgIpc) is 2.63. The number of hydrogen-bond donors (Lipinski definition) is 1. The topological polar surface area (TPSA) is 58.1 Å². The van der Waals surface area contributed by atoms with Gasteiger partial charge in [-0.1, -0.05) is 30.7 Å². The largest absolute Gasteiger partial charge is 0.355 e. The first-order valence-electron chi connectivity index (χ1n) is 8.71. The van der Waals surface area contributed by atoms with Gasteiger partial charge in [0.25, 0.3) is 5.91 Å². The van der Waals surface area contributed by atoms with Crippen molar-refractivity contribution in [3.8, 4) is 0 Å². The van der Waals surface area contributed by atoms with Crippen molar-refractivity contribution in [3.63, 3.8) is 0 Å². The third kappa shape index (κ3) is 4.92. The van der Waals surface area contributed by atoms with Gasteiger partial charge in [0.2, 0.25) is 0 Å². The molecule has 5 nitrogen and oxygen atoms in total. The van der Waals surface area contributed by atoms with E-state index in [4.69, 9.17) is 11.6 Å². The SMILES string of the molecule is CC1CCCN(c2cnc(C(=O)NCCc3ccc(Cl)cc3)cn2)C1. The van der Waals surface area contributed by atoms with Crippen LogP contribution in [-0.4, -0.2) is 35.5 Å². The fraction of sp³-hybridized carbons (Fsp3) is 0.421. The Labute approximate surface area is 153 Å². The van der Waals surface area contributed by atoms with Gasteiger partial charge in [0.1, 0.15) is 11.5 Å². The number of piperidine rings is 1. The lowest BCUT2D eigenvalue weighted by Gasteiger charge is -2.31. The fourth-order valence-electron chi connectivity index (χ4n) is 3.06. The Bertz CT molecular complexity index is 702. The zero-order valence-corrected chi connectivity index (χ0v) is 15.2. The van der Waals surface area contributed by atoms with Crippen molar-refractivity contribution in [2.45, 2.75) is 26.2 Å². The number of nitrogens with one attached hydrogen (secondary N) is 1. The molecule has 25 heavy (non-hydrogen) atoms. The van der Waals surface area contributed by atoms with E-state index in [9.17, 15) is 4.79 Å². The van der Waals surface area contributed by atoms with Crippen molar-refractivity contribution in [1.29, 1.82) is 0 Å². The van der Waals surface area contributed by atoms with Gasteiger partial charge in [0.05, 0.1) is 12.4 Å². The minimum atomic E-state index is -0.194. The first-order chi connectivity index (χ1) is 12.1. The standard InChI is InChI=1S/C19H23ClN4O/c1-14-3-2-10-24(13-14)18-12-22-17(11-23-18)19(25)21-9-8-15-4-6-16(20)7-5-15/h4-7,11-12,14H,2-3,8-10,13H2,1H3,(H,21,25). The van der Waals surface area contributed by atoms with Gasteiger partial charge in [-0.05, 0) is 42.9 Å². The van der Waals surface area contributed by atoms with E-state index in [1.54, 1.807) is 12.4 Å². The number of anilines is 1. The lowest BCUT2D eigenvalue weighted by Crippen LogP contribution is -2.35. The second-order valence-electron chi connectivity index (χ2n) is 6.59. The minimum Gasteiger partial charge on any atom is -0.355 e. The number of amides is 1. The molecule has 0 saturated carbocycles. The summed E-state index contributed by atoms with van der Waals surface area (Å²) in [6.07, 6.45) is 6.45. The van der Waals surface area contributed by atoms with E-state index in [0.717, 1.165) is 30.9 Å². The highest BCUT2D eigenvalue weighted by molar-refractivity contribution is 6.30. The Hall–Kier alpha value is -2.14. The summed E-state index contributed by atoms with van der Waals surface area (Å²) < 4.78 is 0. The maximum atomic E-state index is 12.2. The van der Waals surface area contributed by atoms with Crippen molar-refractivity contribution < 1.29 is 4.79 Å². The summed E-state index contributed by atoms with van der Waals surface area (Å²) in [6.45, 7) is 4.81. The lowest BCUT2D eigenvalue weighted by atomic mass is 10.0. The van der Waals surface area contributed by atoms with Crippen LogP contribution in [0.2, 0.25) is 5.02 Å². The van der Waals surface area contributed by atoms with Gasteiger partial charge in [-0.25, -0.2) is 9.97 Å². The quantitative estimate of drug-likeness (QED) is 0.890. The summed E-state index contributed by atoms with van der Waals surface area (Å²) in [5.74, 6) is 1.33. The van der Waals surface area contributed by atoms with Gasteiger partial charge in [-0.2, -0.15) is 0 Å². The summed E-state index contributed by atoms with van der Waals surface area (Å²) in [5.41, 5.74) is 1.48. The minimum absolute atomic E-state index is 0.194. The number of carbonyl (C=O) groups is 1. The highest BCUT2D eigenvalue weighted by atomic mass is 35.5. The molecule has 132 valence electrons. The van der Waals surface area contributed by atoms with Crippen LogP contribution in [0.15, 0.2) is 36.7 Å². The van der Waals surface area contributed by atoms with Crippen LogP contribution in [0.4, 0.5) is 5.82 Å². The lowest BCUT2D eigenvalue weighted by molar-refractivity contribution is 0.0949. The molecule has 1 aliphatic rings. The number of carbonyl (C=O) groups excluding carboxylic acids is 1. The molecule has 2 heterocycles. The Morgan fingerprint density at radius 3 is 2.76 bits per heavy atom. The summed E-state index contributed by atoms with van der Waals surface area (Å²) in [6, 6.07) is 7.63. The molecule has 3 rings (SSSR count). The van der Waals surface area contributed by atoms with Crippen molar-refractivity contribution in [2.24, 2.45) is 5.92 Å². The van der Waals surface area contributed by atoms with E-state index in [1.165, 1.54) is 12.8 Å². The fourth-order valence-corrected chi connectivity index (χ4v) is 3.19. The molecule has 1 atom stereocenters. The molecular formula is C19H23ClN4O. The Morgan fingerprint density at radius 1 is 1.28 bits per heavy atom. The summed E-state index contributed by atoms with van der Waals surface area (Å²) >= 11 is 5.86. The number of hydrogen-bond acceptors (Lipinski definition) is 4. The summed E-state index contributed by atoms with van der Waals surface area (Å²) in [4.78, 5) is 23.1. The highest BCUT2D eigenvalue weighted by Gasteiger charge is 2.18. The molecule has 0 radical (unpaired) electrons. The normalized spacial score (nSPS) is 17.4. The van der Waals surface area contributed by atoms with E-state index < -0.39 is 0 Å². The van der Waals surface area contributed by atoms with Crippen LogP contribution >= 0.6 is 11.6 Å². The van der Waals surface area contributed by atoms with Crippen molar-refractivity contribution in [1.82, 2.24) is 15.3 Å². The molecule has 1 saturated heterocycles. The Morgan fingerprint density at radius 2 is 2.08 bits per heavy atom. The predicted molar refractivity (Wildman–Crippen MR) is 100 cm³/mol. The van der Waals surface area contributed by atoms with Crippen LogP contribution in [0.25, 0.3) is 0 Å². The monoisotopic (exact) mass is 358 g/mol. The molecule has 1 amide bonds. The van der Waals surface area contributed by atoms with E-state index >= 15 is 0 Å². The van der Waals surface area contributed by atoms with Gasteiger partial charge in [0, 0.05) is 24.7 Å². The second-order valence-corrected chi connectivity index (χ2v) is 7.02. The number of halogens is 1. The molecule has 1 aromatic heterocycles. The smallest absolute Gasteiger partial charge is 0.271 e. The second kappa shape index (κ2) is 8.30. The van der Waals surface area contributed by atoms with Crippen molar-refractivity contribution in [2.75, 3.05) is 24.5 Å². The molecule has 1 aliphatic heterocycles. The number of nitrogens with zero attached hydrogens (tertiary/aromatic N) is 3. The highest BCUT2D eigenvalue weighted by Crippen LogP contribution is 2.20. The van der Waals surface area contributed by atoms with E-state index in [2.05, 4.69) is 27.1 Å². The molecule has 0 spiro atoms. The summed E-state index contributed by atoms with van der Waals surface area (Å²) in [7, 11) is 0. The van der Waals surface area contributed by atoms with Gasteiger partial charge < -0.3 is 10.2 Å². The molecule has 6 heteroatoms. The average molecular weight is 359 g/mol. The molecule has 1 fully saturated rings. The molecular weight excluding hydrogens is 336 g/mol. The molecule has 1 N–H and O–H groups in total. The van der Waals surface area contributed by atoms with Gasteiger partial charge in [-0.3, -0.25) is 4.79 Å². The molecule has 2 aromatic rings. The first-order valence-corrected chi connectivity index (χ1v) is 9.09. The van der Waals surface area contributed by atoms with E-state index in [-0.39, 0.29) is 5.91 Å². The van der Waals surface area contributed by atoms with Gasteiger partial charge >= 0.3 is 0 Å². The zero-order chi connectivity index (χ0) is 17.6. The van der Waals surface area contributed by atoms with E-state index in [1.807, 2.05) is 24.3 Å². The maximum Gasteiger partial charge on any atom is 0.271 e. The zero-order valence-electron chi connectivity index (χ0n) is 14.4. The molecule has 0 aliphatic carbocycles. The van der Waals surface area contributed by atoms with Crippen LogP contribution in [0.5, 0.6) is 0 Å². The number of rotatable bonds is 5. The Balaban J connectivity index is 1.51. The molecule has 1 aromatic carbocycles. The predicted octanol–water partition coefficient (Wildman–Crippen LogP) is 3.34. The van der Waals surface area contributed by atoms with Gasteiger partial charge in [-0.15, -0.1) is 0 Å². The van der Waals surface area contributed by atoms with Gasteiger partial charge in [0.15, 0.2) is 0 Å². The molecule has 0 bridgehead atoms. The van der Waals surface area contributed by atoms with Crippen LogP contribution in [-0.2, 0) is 6.42 Å². The number of benzene rings is 1. The number of aromatic nitrogens is 2. The Kier molecular flexibility index (Phi) is 5.87.